The van der Waals surface area contributed by atoms with Gasteiger partial charge in [0.1, 0.15) is 28.0 Å². The number of sulfonamides is 1. The van der Waals surface area contributed by atoms with E-state index in [-0.39, 0.29) is 45.2 Å². The lowest BCUT2D eigenvalue weighted by Crippen LogP contribution is -2.14. The van der Waals surface area contributed by atoms with Crippen molar-refractivity contribution in [1.82, 2.24) is 15.2 Å². The molecule has 2 aromatic heterocycles. The second-order valence-electron chi connectivity index (χ2n) is 7.75. The highest BCUT2D eigenvalue weighted by atomic mass is 32.2. The van der Waals surface area contributed by atoms with E-state index in [0.29, 0.717) is 27.0 Å². The van der Waals surface area contributed by atoms with Gasteiger partial charge in [0.25, 0.3) is 10.0 Å². The van der Waals surface area contributed by atoms with Crippen LogP contribution in [0, 0.1) is 29.6 Å². The molecule has 14 heteroatoms. The van der Waals surface area contributed by atoms with E-state index in [2.05, 4.69) is 31.3 Å². The van der Waals surface area contributed by atoms with Gasteiger partial charge in [0.2, 0.25) is 11.0 Å². The number of hydrogen-bond donors (Lipinski definition) is 3. The number of aryl methyl sites for hydroxylation is 1. The summed E-state index contributed by atoms with van der Waals surface area (Å²) in [5.41, 5.74) is 7.38. The lowest BCUT2D eigenvalue weighted by atomic mass is 9.94. The van der Waals surface area contributed by atoms with Gasteiger partial charge in [-0.15, -0.1) is 22.0 Å². The Labute approximate surface area is 216 Å². The summed E-state index contributed by atoms with van der Waals surface area (Å²) < 4.78 is 27.3. The number of nitriles is 2. The highest BCUT2D eigenvalue weighted by Gasteiger charge is 2.21. The molecule has 0 radical (unpaired) electrons. The first kappa shape index (κ1) is 26.9. The van der Waals surface area contributed by atoms with E-state index in [0.717, 1.165) is 11.3 Å². The molecule has 2 heterocycles. The molecule has 3 aromatic rings. The molecule has 36 heavy (non-hydrogen) atoms. The molecule has 0 aliphatic carbocycles. The first-order valence-corrected chi connectivity index (χ1v) is 13.8. The zero-order valence-electron chi connectivity index (χ0n) is 19.6. The van der Waals surface area contributed by atoms with Crippen molar-refractivity contribution in [3.63, 3.8) is 0 Å². The minimum Gasteiger partial charge on any atom is -0.383 e. The standard InChI is InChI=1S/C22H22N8O3S3/c1-12(2)19-16(10-23)20(25)27-21(17(19)11-24)34-9-8-18(31)26-14-4-6-15(7-5-14)36(32,33)30-22-29-28-13(3)35-22/h4-7,12H,8-9H2,1-3H3,(H2,25,27)(H,26,31)(H,29,30). The van der Waals surface area contributed by atoms with E-state index in [1.54, 1.807) is 6.92 Å². The van der Waals surface area contributed by atoms with Crippen LogP contribution in [0.15, 0.2) is 34.2 Å². The Morgan fingerprint density at radius 2 is 1.83 bits per heavy atom. The average Bonchev–Trinajstić information content (AvgIpc) is 3.22. The number of pyridine rings is 1. The third-order valence-corrected chi connectivity index (χ3v) is 8.01. The van der Waals surface area contributed by atoms with Gasteiger partial charge >= 0.3 is 0 Å². The maximum Gasteiger partial charge on any atom is 0.263 e. The molecule has 0 unspecified atom stereocenters. The van der Waals surface area contributed by atoms with Crippen LogP contribution in [0.5, 0.6) is 0 Å². The number of hydrogen-bond acceptors (Lipinski definition) is 11. The fourth-order valence-electron chi connectivity index (χ4n) is 3.20. The van der Waals surface area contributed by atoms with E-state index in [9.17, 15) is 23.7 Å². The van der Waals surface area contributed by atoms with E-state index < -0.39 is 10.0 Å². The summed E-state index contributed by atoms with van der Waals surface area (Å²) in [6.07, 6.45) is 0.103. The van der Waals surface area contributed by atoms with Gasteiger partial charge in [-0.2, -0.15) is 10.5 Å². The summed E-state index contributed by atoms with van der Waals surface area (Å²) in [6.45, 7) is 5.44. The van der Waals surface area contributed by atoms with Gasteiger partial charge in [-0.05, 0) is 42.7 Å². The largest absolute Gasteiger partial charge is 0.383 e. The number of amides is 1. The highest BCUT2D eigenvalue weighted by molar-refractivity contribution is 7.99. The summed E-state index contributed by atoms with van der Waals surface area (Å²) in [5.74, 6) is -0.0390. The average molecular weight is 543 g/mol. The van der Waals surface area contributed by atoms with Crippen molar-refractivity contribution in [2.45, 2.75) is 43.0 Å². The number of nitrogen functional groups attached to an aromatic ring is 1. The molecule has 0 spiro atoms. The summed E-state index contributed by atoms with van der Waals surface area (Å²) in [7, 11) is -3.84. The Kier molecular flexibility index (Phi) is 8.47. The molecular formula is C22H22N8O3S3. The number of nitrogens with zero attached hydrogens (tertiary/aromatic N) is 5. The summed E-state index contributed by atoms with van der Waals surface area (Å²) >= 11 is 2.32. The van der Waals surface area contributed by atoms with Crippen LogP contribution >= 0.6 is 23.1 Å². The fraction of sp³-hybridized carbons (Fsp3) is 0.273. The van der Waals surface area contributed by atoms with Gasteiger partial charge in [0.15, 0.2) is 0 Å². The molecule has 0 atom stereocenters. The number of carbonyl (C=O) groups is 1. The number of rotatable bonds is 9. The van der Waals surface area contributed by atoms with Gasteiger partial charge < -0.3 is 11.1 Å². The molecule has 4 N–H and O–H groups in total. The molecule has 0 aliphatic rings. The Bertz CT molecular complexity index is 1470. The van der Waals surface area contributed by atoms with Crippen LogP contribution in [0.1, 0.15) is 47.9 Å². The van der Waals surface area contributed by atoms with E-state index >= 15 is 0 Å². The maximum absolute atomic E-state index is 12.5. The smallest absolute Gasteiger partial charge is 0.263 e. The molecule has 0 aliphatic heterocycles. The van der Waals surface area contributed by atoms with Crippen LogP contribution in [0.3, 0.4) is 0 Å². The van der Waals surface area contributed by atoms with E-state index in [1.807, 2.05) is 19.9 Å². The molecule has 11 nitrogen and oxygen atoms in total. The Balaban J connectivity index is 1.61. The lowest BCUT2D eigenvalue weighted by molar-refractivity contribution is -0.115. The Hall–Kier alpha value is -3.72. The Morgan fingerprint density at radius 1 is 1.17 bits per heavy atom. The number of carbonyl (C=O) groups excluding carboxylic acids is 1. The normalized spacial score (nSPS) is 11.1. The predicted molar refractivity (Wildman–Crippen MR) is 138 cm³/mol. The van der Waals surface area contributed by atoms with Gasteiger partial charge in [0, 0.05) is 17.9 Å². The van der Waals surface area contributed by atoms with Crippen molar-refractivity contribution in [3.8, 4) is 12.1 Å². The number of anilines is 3. The monoisotopic (exact) mass is 542 g/mol. The maximum atomic E-state index is 12.5. The van der Waals surface area contributed by atoms with Crippen molar-refractivity contribution in [1.29, 1.82) is 10.5 Å². The second-order valence-corrected chi connectivity index (χ2v) is 11.7. The number of benzene rings is 1. The van der Waals surface area contributed by atoms with Crippen LogP contribution < -0.4 is 15.8 Å². The minimum atomic E-state index is -3.84. The van der Waals surface area contributed by atoms with Gasteiger partial charge in [0.05, 0.1) is 16.0 Å². The number of aromatic nitrogens is 3. The first-order chi connectivity index (χ1) is 17.1. The number of nitrogens with two attached hydrogens (primary N) is 1. The van der Waals surface area contributed by atoms with Crippen LogP contribution in [-0.4, -0.2) is 35.3 Å². The van der Waals surface area contributed by atoms with Gasteiger partial charge in [-0.1, -0.05) is 25.2 Å². The second kappa shape index (κ2) is 11.3. The molecular weight excluding hydrogens is 520 g/mol. The number of thioether (sulfide) groups is 1. The third kappa shape index (κ3) is 6.28. The zero-order chi connectivity index (χ0) is 26.5. The third-order valence-electron chi connectivity index (χ3n) is 4.80. The van der Waals surface area contributed by atoms with E-state index in [1.165, 1.54) is 36.0 Å². The molecule has 0 fully saturated rings. The quantitative estimate of drug-likeness (QED) is 0.337. The summed E-state index contributed by atoms with van der Waals surface area (Å²) in [6, 6.07) is 9.83. The highest BCUT2D eigenvalue weighted by Crippen LogP contribution is 2.33. The predicted octanol–water partition coefficient (Wildman–Crippen LogP) is 3.61. The summed E-state index contributed by atoms with van der Waals surface area (Å²) in [5, 5.41) is 30.4. The van der Waals surface area contributed by atoms with Crippen molar-refractivity contribution in [2.24, 2.45) is 0 Å². The first-order valence-electron chi connectivity index (χ1n) is 10.5. The zero-order valence-corrected chi connectivity index (χ0v) is 22.0. The van der Waals surface area contributed by atoms with Gasteiger partial charge in [-0.25, -0.2) is 13.4 Å². The van der Waals surface area contributed by atoms with Crippen molar-refractivity contribution in [2.75, 3.05) is 21.5 Å². The number of nitrogens with one attached hydrogen (secondary N) is 2. The molecule has 1 aromatic carbocycles. The topological polar surface area (TPSA) is 188 Å². The fourth-order valence-corrected chi connectivity index (χ4v) is 5.97. The van der Waals surface area contributed by atoms with Crippen molar-refractivity contribution in [3.05, 3.63) is 46.0 Å². The summed E-state index contributed by atoms with van der Waals surface area (Å²) in [4.78, 5) is 16.6. The van der Waals surface area contributed by atoms with Gasteiger partial charge in [-0.3, -0.25) is 9.52 Å². The molecule has 0 saturated heterocycles. The molecule has 0 saturated carbocycles. The minimum absolute atomic E-state index is 0.0124. The van der Waals surface area contributed by atoms with Crippen LogP contribution in [0.2, 0.25) is 0 Å². The van der Waals surface area contributed by atoms with Crippen molar-refractivity contribution < 1.29 is 13.2 Å². The SMILES string of the molecule is Cc1nnc(NS(=O)(=O)c2ccc(NC(=O)CCSc3nc(N)c(C#N)c(C(C)C)c3C#N)cc2)s1. The lowest BCUT2D eigenvalue weighted by Gasteiger charge is -2.15. The van der Waals surface area contributed by atoms with Crippen LogP contribution in [-0.2, 0) is 14.8 Å². The molecule has 0 bridgehead atoms. The molecule has 1 amide bonds. The van der Waals surface area contributed by atoms with Crippen LogP contribution in [0.4, 0.5) is 16.6 Å². The van der Waals surface area contributed by atoms with E-state index in [4.69, 9.17) is 5.73 Å². The molecule has 186 valence electrons. The Morgan fingerprint density at radius 3 is 2.39 bits per heavy atom. The van der Waals surface area contributed by atoms with Crippen LogP contribution in [0.25, 0.3) is 0 Å². The molecule has 3 rings (SSSR count). The van der Waals surface area contributed by atoms with Crippen molar-refractivity contribution >= 4 is 55.7 Å².